The fourth-order valence-electron chi connectivity index (χ4n) is 3.73. The van der Waals surface area contributed by atoms with Crippen LogP contribution in [-0.4, -0.2) is 28.5 Å². The number of nitrogens with zero attached hydrogens (tertiary/aromatic N) is 1. The lowest BCUT2D eigenvalue weighted by Crippen LogP contribution is -2.56. The molecule has 1 aromatic rings. The molecule has 3 rings (SSSR count). The van der Waals surface area contributed by atoms with Crippen LogP contribution in [0.1, 0.15) is 37.2 Å². The van der Waals surface area contributed by atoms with E-state index in [4.69, 9.17) is 4.74 Å². The van der Waals surface area contributed by atoms with Gasteiger partial charge in [-0.15, -0.1) is 0 Å². The number of rotatable bonds is 2. The monoisotopic (exact) mass is 355 g/mol. The van der Waals surface area contributed by atoms with Crippen molar-refractivity contribution in [2.45, 2.75) is 43.4 Å². The Morgan fingerprint density at radius 2 is 2.05 bits per heavy atom. The zero-order valence-electron chi connectivity index (χ0n) is 11.6. The Balaban J connectivity index is 2.00. The number of hydrogen-bond donors (Lipinski definition) is 1. The van der Waals surface area contributed by atoms with Gasteiger partial charge in [-0.25, -0.2) is 0 Å². The number of hydrogen-bond acceptors (Lipinski definition) is 4. The Kier molecular flexibility index (Phi) is 4.03. The summed E-state index contributed by atoms with van der Waals surface area (Å²) in [5, 5.41) is 22.1. The second-order valence-electron chi connectivity index (χ2n) is 5.94. The lowest BCUT2D eigenvalue weighted by Gasteiger charge is -2.47. The van der Waals surface area contributed by atoms with Crippen molar-refractivity contribution >= 4 is 15.9 Å². The van der Waals surface area contributed by atoms with E-state index in [0.29, 0.717) is 6.42 Å². The largest absolute Gasteiger partial charge is 0.365 e. The van der Waals surface area contributed by atoms with Crippen molar-refractivity contribution in [1.82, 2.24) is 0 Å². The van der Waals surface area contributed by atoms with Gasteiger partial charge in [0.25, 0.3) is 0 Å². The van der Waals surface area contributed by atoms with E-state index in [1.165, 1.54) is 0 Å². The highest BCUT2D eigenvalue weighted by Crippen LogP contribution is 2.48. The molecule has 1 N–H and O–H groups in total. The van der Waals surface area contributed by atoms with Crippen molar-refractivity contribution < 1.29 is 14.8 Å². The molecular formula is C15H18BrNO4. The zero-order valence-corrected chi connectivity index (χ0v) is 13.2. The topological polar surface area (TPSA) is 72.6 Å². The molecule has 0 aromatic heterocycles. The molecule has 0 unspecified atom stereocenters. The standard InChI is InChI=1S/C15H18BrNO4/c16-11-6-4-10(5-7-11)14-12-3-1-2-8-15(12,18)21-9-13(14)17(19)20/h4-7,12-14,18H,1-3,8-9H2/t12-,13-,14-,15+/m1/s1. The second kappa shape index (κ2) is 5.66. The van der Waals surface area contributed by atoms with Crippen LogP contribution in [0, 0.1) is 16.0 Å². The van der Waals surface area contributed by atoms with Crippen LogP contribution in [0.3, 0.4) is 0 Å². The Bertz CT molecular complexity index is 535. The third-order valence-electron chi connectivity index (χ3n) is 4.76. The van der Waals surface area contributed by atoms with Gasteiger partial charge in [-0.3, -0.25) is 10.1 Å². The van der Waals surface area contributed by atoms with Crippen molar-refractivity contribution in [3.8, 4) is 0 Å². The van der Waals surface area contributed by atoms with Gasteiger partial charge >= 0.3 is 0 Å². The summed E-state index contributed by atoms with van der Waals surface area (Å²) in [6.45, 7) is -0.0271. The minimum Gasteiger partial charge on any atom is -0.365 e. The summed E-state index contributed by atoms with van der Waals surface area (Å²) >= 11 is 3.39. The van der Waals surface area contributed by atoms with E-state index in [-0.39, 0.29) is 23.4 Å². The Morgan fingerprint density at radius 3 is 2.71 bits per heavy atom. The van der Waals surface area contributed by atoms with Crippen LogP contribution in [-0.2, 0) is 4.74 Å². The van der Waals surface area contributed by atoms with E-state index in [1.807, 2.05) is 24.3 Å². The van der Waals surface area contributed by atoms with Gasteiger partial charge in [0.1, 0.15) is 6.61 Å². The van der Waals surface area contributed by atoms with E-state index in [1.54, 1.807) is 0 Å². The molecule has 5 nitrogen and oxygen atoms in total. The van der Waals surface area contributed by atoms with Gasteiger partial charge in [0.2, 0.25) is 6.04 Å². The molecule has 1 heterocycles. The predicted octanol–water partition coefficient (Wildman–Crippen LogP) is 3.09. The van der Waals surface area contributed by atoms with Crippen LogP contribution in [0.4, 0.5) is 0 Å². The maximum atomic E-state index is 11.4. The van der Waals surface area contributed by atoms with Crippen LogP contribution in [0.2, 0.25) is 0 Å². The molecule has 1 aliphatic heterocycles. The molecule has 1 saturated heterocycles. The highest BCUT2D eigenvalue weighted by Gasteiger charge is 2.55. The van der Waals surface area contributed by atoms with Gasteiger partial charge in [0, 0.05) is 21.7 Å². The SMILES string of the molecule is O=[N+]([O-])[C@@H]1CO[C@@]2(O)CCCC[C@@H]2[C@H]1c1ccc(Br)cc1. The molecule has 1 saturated carbocycles. The first-order chi connectivity index (χ1) is 10.0. The summed E-state index contributed by atoms with van der Waals surface area (Å²) in [4.78, 5) is 11.2. The smallest absolute Gasteiger partial charge is 0.243 e. The van der Waals surface area contributed by atoms with Gasteiger partial charge in [-0.1, -0.05) is 34.5 Å². The van der Waals surface area contributed by atoms with E-state index in [0.717, 1.165) is 29.3 Å². The van der Waals surface area contributed by atoms with Crippen LogP contribution in [0.15, 0.2) is 28.7 Å². The Hall–Kier alpha value is -0.980. The fraction of sp³-hybridized carbons (Fsp3) is 0.600. The highest BCUT2D eigenvalue weighted by atomic mass is 79.9. The fourth-order valence-corrected chi connectivity index (χ4v) is 3.99. The summed E-state index contributed by atoms with van der Waals surface area (Å²) < 4.78 is 6.46. The molecule has 1 aliphatic carbocycles. The van der Waals surface area contributed by atoms with Gasteiger partial charge < -0.3 is 9.84 Å². The molecule has 114 valence electrons. The molecule has 2 aliphatic rings. The van der Waals surface area contributed by atoms with Crippen molar-refractivity contribution in [2.24, 2.45) is 5.92 Å². The molecule has 0 bridgehead atoms. The van der Waals surface area contributed by atoms with E-state index >= 15 is 0 Å². The van der Waals surface area contributed by atoms with Crippen molar-refractivity contribution in [2.75, 3.05) is 6.61 Å². The van der Waals surface area contributed by atoms with Crippen molar-refractivity contribution in [3.05, 3.63) is 44.4 Å². The number of benzene rings is 1. The number of halogens is 1. The van der Waals surface area contributed by atoms with E-state index in [2.05, 4.69) is 15.9 Å². The summed E-state index contributed by atoms with van der Waals surface area (Å²) in [5.41, 5.74) is 0.911. The summed E-state index contributed by atoms with van der Waals surface area (Å²) in [5.74, 6) is -1.72. The molecule has 6 heteroatoms. The second-order valence-corrected chi connectivity index (χ2v) is 6.85. The van der Waals surface area contributed by atoms with E-state index in [9.17, 15) is 15.2 Å². The minimum atomic E-state index is -1.21. The Morgan fingerprint density at radius 1 is 1.33 bits per heavy atom. The molecule has 21 heavy (non-hydrogen) atoms. The molecule has 1 aromatic carbocycles. The summed E-state index contributed by atoms with van der Waals surface area (Å²) in [6.07, 6.45) is 3.22. The maximum Gasteiger partial charge on any atom is 0.243 e. The molecule has 0 amide bonds. The van der Waals surface area contributed by atoms with Gasteiger partial charge in [-0.05, 0) is 30.5 Å². The third-order valence-corrected chi connectivity index (χ3v) is 5.29. The molecule has 0 radical (unpaired) electrons. The van der Waals surface area contributed by atoms with Crippen LogP contribution in [0.25, 0.3) is 0 Å². The number of fused-ring (bicyclic) bond motifs is 1. The number of aliphatic hydroxyl groups is 1. The molecule has 0 spiro atoms. The Labute approximate surface area is 131 Å². The number of ether oxygens (including phenoxy) is 1. The summed E-state index contributed by atoms with van der Waals surface area (Å²) in [7, 11) is 0. The average molecular weight is 356 g/mol. The van der Waals surface area contributed by atoms with Crippen LogP contribution in [0.5, 0.6) is 0 Å². The first-order valence-electron chi connectivity index (χ1n) is 7.26. The van der Waals surface area contributed by atoms with Crippen molar-refractivity contribution in [1.29, 1.82) is 0 Å². The highest BCUT2D eigenvalue weighted by molar-refractivity contribution is 9.10. The predicted molar refractivity (Wildman–Crippen MR) is 80.5 cm³/mol. The quantitative estimate of drug-likeness (QED) is 0.653. The molecule has 4 atom stereocenters. The first-order valence-corrected chi connectivity index (χ1v) is 8.06. The minimum absolute atomic E-state index is 0.0271. The van der Waals surface area contributed by atoms with Crippen LogP contribution >= 0.6 is 15.9 Å². The van der Waals surface area contributed by atoms with Crippen molar-refractivity contribution in [3.63, 3.8) is 0 Å². The number of nitro groups is 1. The molecule has 2 fully saturated rings. The van der Waals surface area contributed by atoms with Gasteiger partial charge in [-0.2, -0.15) is 0 Å². The van der Waals surface area contributed by atoms with E-state index < -0.39 is 11.8 Å². The third kappa shape index (κ3) is 2.72. The lowest BCUT2D eigenvalue weighted by molar-refractivity contribution is -0.548. The first kappa shape index (κ1) is 14.9. The summed E-state index contributed by atoms with van der Waals surface area (Å²) in [6, 6.07) is 6.81. The maximum absolute atomic E-state index is 11.4. The lowest BCUT2D eigenvalue weighted by atomic mass is 9.68. The molecular weight excluding hydrogens is 338 g/mol. The van der Waals surface area contributed by atoms with Gasteiger partial charge in [0.15, 0.2) is 5.79 Å². The van der Waals surface area contributed by atoms with Crippen LogP contribution < -0.4 is 0 Å². The normalized spacial score (nSPS) is 36.0. The average Bonchev–Trinajstić information content (AvgIpc) is 2.46. The zero-order chi connectivity index (χ0) is 15.0. The van der Waals surface area contributed by atoms with Gasteiger partial charge in [0.05, 0.1) is 5.92 Å².